The molecule has 1 N–H and O–H groups in total. The Kier molecular flexibility index (Phi) is 6.45. The van der Waals surface area contributed by atoms with E-state index >= 15 is 0 Å². The van der Waals surface area contributed by atoms with Gasteiger partial charge in [0.1, 0.15) is 15.7 Å². The summed E-state index contributed by atoms with van der Waals surface area (Å²) in [6.07, 6.45) is 1.40. The molecule has 0 bridgehead atoms. The van der Waals surface area contributed by atoms with Gasteiger partial charge in [0.25, 0.3) is 0 Å². The fourth-order valence-electron chi connectivity index (χ4n) is 2.01. The van der Waals surface area contributed by atoms with Gasteiger partial charge in [0.05, 0.1) is 5.75 Å². The number of sulfone groups is 1. The van der Waals surface area contributed by atoms with Gasteiger partial charge in [-0.25, -0.2) is 12.8 Å². The molecule has 3 nitrogen and oxygen atoms in total. The Labute approximate surface area is 115 Å². The summed E-state index contributed by atoms with van der Waals surface area (Å²) < 4.78 is 35.9. The lowest BCUT2D eigenvalue weighted by Crippen LogP contribution is -2.24. The van der Waals surface area contributed by atoms with Crippen LogP contribution in [0.2, 0.25) is 0 Å². The van der Waals surface area contributed by atoms with Crippen LogP contribution >= 0.6 is 0 Å². The van der Waals surface area contributed by atoms with Crippen LogP contribution in [-0.4, -0.2) is 33.5 Å². The van der Waals surface area contributed by atoms with Crippen LogP contribution in [0.15, 0.2) is 24.3 Å². The van der Waals surface area contributed by atoms with Crippen molar-refractivity contribution in [3.05, 3.63) is 35.6 Å². The van der Waals surface area contributed by atoms with Crippen molar-refractivity contribution in [1.29, 1.82) is 0 Å². The van der Waals surface area contributed by atoms with E-state index in [0.29, 0.717) is 6.42 Å². The standard InChI is InChI=1S/C14H22FNO2S/c1-3-19(17,18)9-8-13(11-16-2)10-12-4-6-14(15)7-5-12/h4-7,13,16H,3,8-11H2,1-2H3. The van der Waals surface area contributed by atoms with E-state index in [2.05, 4.69) is 5.32 Å². The fourth-order valence-corrected chi connectivity index (χ4v) is 2.99. The third-order valence-corrected chi connectivity index (χ3v) is 4.94. The molecule has 1 rings (SSSR count). The van der Waals surface area contributed by atoms with Crippen molar-refractivity contribution in [1.82, 2.24) is 5.32 Å². The Bertz CT molecular complexity index is 471. The van der Waals surface area contributed by atoms with Gasteiger partial charge in [0.2, 0.25) is 0 Å². The highest BCUT2D eigenvalue weighted by Gasteiger charge is 2.14. The molecule has 0 aliphatic rings. The maximum atomic E-state index is 12.8. The van der Waals surface area contributed by atoms with Crippen LogP contribution in [0, 0.1) is 11.7 Å². The summed E-state index contributed by atoms with van der Waals surface area (Å²) >= 11 is 0. The summed E-state index contributed by atoms with van der Waals surface area (Å²) in [6.45, 7) is 2.43. The second-order valence-electron chi connectivity index (χ2n) is 4.78. The first-order valence-corrected chi connectivity index (χ1v) is 8.38. The Balaban J connectivity index is 2.60. The van der Waals surface area contributed by atoms with Crippen molar-refractivity contribution in [2.24, 2.45) is 5.92 Å². The fraction of sp³-hybridized carbons (Fsp3) is 0.571. The minimum Gasteiger partial charge on any atom is -0.319 e. The molecule has 0 heterocycles. The molecule has 0 aliphatic carbocycles. The predicted molar refractivity (Wildman–Crippen MR) is 76.5 cm³/mol. The van der Waals surface area contributed by atoms with Crippen molar-refractivity contribution in [2.45, 2.75) is 19.8 Å². The van der Waals surface area contributed by atoms with E-state index in [1.165, 1.54) is 12.1 Å². The van der Waals surface area contributed by atoms with Crippen LogP contribution in [-0.2, 0) is 16.3 Å². The smallest absolute Gasteiger partial charge is 0.150 e. The zero-order chi connectivity index (χ0) is 14.3. The van der Waals surface area contributed by atoms with E-state index < -0.39 is 9.84 Å². The monoisotopic (exact) mass is 287 g/mol. The molecule has 1 aromatic rings. The van der Waals surface area contributed by atoms with Crippen molar-refractivity contribution >= 4 is 9.84 Å². The average molecular weight is 287 g/mol. The van der Waals surface area contributed by atoms with Crippen molar-refractivity contribution in [2.75, 3.05) is 25.1 Å². The first-order chi connectivity index (χ1) is 8.96. The SMILES string of the molecule is CCS(=O)(=O)CCC(CNC)Cc1ccc(F)cc1. The van der Waals surface area contributed by atoms with Gasteiger partial charge >= 0.3 is 0 Å². The lowest BCUT2D eigenvalue weighted by Gasteiger charge is -2.16. The molecule has 1 aromatic carbocycles. The third kappa shape index (κ3) is 6.16. The number of rotatable bonds is 8. The number of benzene rings is 1. The lowest BCUT2D eigenvalue weighted by atomic mass is 9.97. The van der Waals surface area contributed by atoms with Crippen LogP contribution in [0.4, 0.5) is 4.39 Å². The van der Waals surface area contributed by atoms with Crippen molar-refractivity contribution in [3.63, 3.8) is 0 Å². The second kappa shape index (κ2) is 7.60. The van der Waals surface area contributed by atoms with E-state index in [1.807, 2.05) is 7.05 Å². The lowest BCUT2D eigenvalue weighted by molar-refractivity contribution is 0.477. The average Bonchev–Trinajstić information content (AvgIpc) is 2.39. The normalized spacial score (nSPS) is 13.4. The number of nitrogens with one attached hydrogen (secondary N) is 1. The zero-order valence-corrected chi connectivity index (χ0v) is 12.3. The van der Waals surface area contributed by atoms with Crippen LogP contribution in [0.1, 0.15) is 18.9 Å². The first kappa shape index (κ1) is 16.1. The Morgan fingerprint density at radius 1 is 1.26 bits per heavy atom. The maximum Gasteiger partial charge on any atom is 0.150 e. The summed E-state index contributed by atoms with van der Waals surface area (Å²) in [5.74, 6) is 0.409. The first-order valence-electron chi connectivity index (χ1n) is 6.56. The maximum absolute atomic E-state index is 12.8. The topological polar surface area (TPSA) is 46.2 Å². The quantitative estimate of drug-likeness (QED) is 0.796. The zero-order valence-electron chi connectivity index (χ0n) is 11.5. The summed E-state index contributed by atoms with van der Waals surface area (Å²) in [7, 11) is -1.07. The van der Waals surface area contributed by atoms with Gasteiger partial charge in [-0.1, -0.05) is 19.1 Å². The highest BCUT2D eigenvalue weighted by atomic mass is 32.2. The molecular formula is C14H22FNO2S. The van der Waals surface area contributed by atoms with Crippen LogP contribution in [0.3, 0.4) is 0 Å². The van der Waals surface area contributed by atoms with E-state index in [-0.39, 0.29) is 23.2 Å². The molecule has 108 valence electrons. The Morgan fingerprint density at radius 3 is 2.42 bits per heavy atom. The molecule has 0 saturated heterocycles. The highest BCUT2D eigenvalue weighted by molar-refractivity contribution is 7.91. The van der Waals surface area contributed by atoms with E-state index in [4.69, 9.17) is 0 Å². The van der Waals surface area contributed by atoms with E-state index in [9.17, 15) is 12.8 Å². The molecule has 0 spiro atoms. The van der Waals surface area contributed by atoms with Gasteiger partial charge in [-0.05, 0) is 50.0 Å². The molecule has 0 saturated carbocycles. The van der Waals surface area contributed by atoms with Gasteiger partial charge in [-0.3, -0.25) is 0 Å². The molecule has 1 unspecified atom stereocenters. The van der Waals surface area contributed by atoms with Crippen LogP contribution < -0.4 is 5.32 Å². The summed E-state index contributed by atoms with van der Waals surface area (Å²) in [4.78, 5) is 0. The summed E-state index contributed by atoms with van der Waals surface area (Å²) in [6, 6.07) is 6.39. The number of hydrogen-bond acceptors (Lipinski definition) is 3. The predicted octanol–water partition coefficient (Wildman–Crippen LogP) is 2.03. The number of halogens is 1. The Morgan fingerprint density at radius 2 is 1.89 bits per heavy atom. The third-order valence-electron chi connectivity index (χ3n) is 3.21. The molecule has 5 heteroatoms. The van der Waals surface area contributed by atoms with Crippen LogP contribution in [0.5, 0.6) is 0 Å². The number of hydrogen-bond donors (Lipinski definition) is 1. The van der Waals surface area contributed by atoms with Gasteiger partial charge in [0, 0.05) is 5.75 Å². The largest absolute Gasteiger partial charge is 0.319 e. The Hall–Kier alpha value is -0.940. The van der Waals surface area contributed by atoms with E-state index in [1.54, 1.807) is 19.1 Å². The van der Waals surface area contributed by atoms with Gasteiger partial charge in [-0.2, -0.15) is 0 Å². The molecule has 19 heavy (non-hydrogen) atoms. The van der Waals surface area contributed by atoms with Gasteiger partial charge in [-0.15, -0.1) is 0 Å². The summed E-state index contributed by atoms with van der Waals surface area (Å²) in [5.41, 5.74) is 1.04. The minimum absolute atomic E-state index is 0.190. The van der Waals surface area contributed by atoms with Gasteiger partial charge in [0.15, 0.2) is 0 Å². The molecule has 0 aromatic heterocycles. The van der Waals surface area contributed by atoms with Crippen LogP contribution in [0.25, 0.3) is 0 Å². The highest BCUT2D eigenvalue weighted by Crippen LogP contribution is 2.14. The molecule has 1 atom stereocenters. The second-order valence-corrected chi connectivity index (χ2v) is 7.25. The molecule has 0 amide bonds. The molecule has 0 aliphatic heterocycles. The minimum atomic E-state index is -2.92. The summed E-state index contributed by atoms with van der Waals surface area (Å²) in [5, 5.41) is 3.08. The van der Waals surface area contributed by atoms with Gasteiger partial charge < -0.3 is 5.32 Å². The van der Waals surface area contributed by atoms with Crippen molar-refractivity contribution < 1.29 is 12.8 Å². The molecule has 0 radical (unpaired) electrons. The molecular weight excluding hydrogens is 265 g/mol. The molecule has 0 fully saturated rings. The van der Waals surface area contributed by atoms with Crippen molar-refractivity contribution in [3.8, 4) is 0 Å². The van der Waals surface area contributed by atoms with E-state index in [0.717, 1.165) is 18.5 Å².